The van der Waals surface area contributed by atoms with Crippen LogP contribution in [0.25, 0.3) is 22.3 Å². The van der Waals surface area contributed by atoms with Crippen molar-refractivity contribution in [3.05, 3.63) is 174 Å². The highest BCUT2D eigenvalue weighted by molar-refractivity contribution is 9.10. The highest BCUT2D eigenvalue weighted by atomic mass is 79.9. The maximum atomic E-state index is 14.6. The average Bonchev–Trinajstić information content (AvgIpc) is 3.07. The van der Waals surface area contributed by atoms with Crippen molar-refractivity contribution in [1.29, 1.82) is 0 Å². The summed E-state index contributed by atoms with van der Waals surface area (Å²) in [5.41, 5.74) is 4.58. The van der Waals surface area contributed by atoms with Crippen LogP contribution in [-0.4, -0.2) is 10.5 Å². The van der Waals surface area contributed by atoms with Crippen LogP contribution in [0.5, 0.6) is 0 Å². The molecule has 0 amide bonds. The highest BCUT2D eigenvalue weighted by Crippen LogP contribution is 2.45. The molecule has 0 atom stereocenters. The Morgan fingerprint density at radius 2 is 0.762 bits per heavy atom. The summed E-state index contributed by atoms with van der Waals surface area (Å²) in [6.07, 6.45) is 0. The van der Waals surface area contributed by atoms with Crippen LogP contribution in [0.1, 0.15) is 7.43 Å². The van der Waals surface area contributed by atoms with Gasteiger partial charge in [-0.05, 0) is 28.3 Å². The van der Waals surface area contributed by atoms with E-state index >= 15 is 0 Å². The predicted octanol–water partition coefficient (Wildman–Crippen LogP) is 9.76. The monoisotopic (exact) mass is 636 g/mol. The molecule has 0 unspecified atom stereocenters. The molecule has 6 rings (SSSR count). The fourth-order valence-corrected chi connectivity index (χ4v) is 8.02. The predicted molar refractivity (Wildman–Crippen MR) is 183 cm³/mol. The van der Waals surface area contributed by atoms with E-state index in [-0.39, 0.29) is 7.43 Å². The second kappa shape index (κ2) is 16.4. The summed E-state index contributed by atoms with van der Waals surface area (Å²) < 4.78 is 15.8. The van der Waals surface area contributed by atoms with Crippen LogP contribution in [0.4, 0.5) is 0 Å². The highest BCUT2D eigenvalue weighted by Gasteiger charge is 2.31. The second-order valence-electron chi connectivity index (χ2n) is 9.01. The first kappa shape index (κ1) is 32.5. The van der Waals surface area contributed by atoms with Gasteiger partial charge in [-0.15, -0.1) is 0 Å². The smallest absolute Gasteiger partial charge is 0.171 e. The fourth-order valence-electron chi connectivity index (χ4n) is 4.63. The normalized spacial score (nSPS) is 10.2. The number of benzene rings is 6. The van der Waals surface area contributed by atoms with Gasteiger partial charge >= 0.3 is 0 Å². The first-order chi connectivity index (χ1) is 20.2. The molecule has 3 nitrogen and oxygen atoms in total. The van der Waals surface area contributed by atoms with Gasteiger partial charge in [-0.1, -0.05) is 187 Å². The van der Waals surface area contributed by atoms with E-state index in [0.717, 1.165) is 31.5 Å². The van der Waals surface area contributed by atoms with Crippen LogP contribution >= 0.6 is 23.1 Å². The van der Waals surface area contributed by atoms with Crippen LogP contribution in [0.2, 0.25) is 0 Å². The Labute approximate surface area is 257 Å². The summed E-state index contributed by atoms with van der Waals surface area (Å²) in [6.45, 7) is 0. The molecule has 42 heavy (non-hydrogen) atoms. The molecule has 0 aromatic heterocycles. The van der Waals surface area contributed by atoms with Crippen molar-refractivity contribution >= 4 is 39.0 Å². The van der Waals surface area contributed by atoms with E-state index in [1.807, 2.05) is 115 Å². The number of halogens is 1. The van der Waals surface area contributed by atoms with Crippen molar-refractivity contribution in [3.8, 4) is 22.3 Å². The first-order valence-electron chi connectivity index (χ1n) is 13.0. The molecule has 0 saturated carbocycles. The van der Waals surface area contributed by atoms with E-state index < -0.39 is 7.14 Å². The van der Waals surface area contributed by atoms with Gasteiger partial charge in [0.15, 0.2) is 7.14 Å². The van der Waals surface area contributed by atoms with Crippen LogP contribution < -0.4 is 15.9 Å². The molecule has 0 radical (unpaired) electrons. The van der Waals surface area contributed by atoms with Gasteiger partial charge in [0, 0.05) is 20.4 Å². The van der Waals surface area contributed by atoms with Crippen molar-refractivity contribution in [2.24, 2.45) is 0 Å². The van der Waals surface area contributed by atoms with Crippen molar-refractivity contribution in [3.63, 3.8) is 0 Å². The summed E-state index contributed by atoms with van der Waals surface area (Å²) in [5.74, 6) is 0. The molecule has 6 aromatic carbocycles. The van der Waals surface area contributed by atoms with Crippen molar-refractivity contribution in [2.75, 3.05) is 0 Å². The molecule has 5 heteroatoms. The lowest BCUT2D eigenvalue weighted by Gasteiger charge is -2.22. The Morgan fingerprint density at radius 3 is 1.21 bits per heavy atom. The zero-order valence-corrected chi connectivity index (χ0v) is 24.8. The minimum absolute atomic E-state index is 0. The van der Waals surface area contributed by atoms with Crippen LogP contribution in [0.3, 0.4) is 0 Å². The van der Waals surface area contributed by atoms with Crippen molar-refractivity contribution in [2.45, 2.75) is 7.43 Å². The Kier molecular flexibility index (Phi) is 12.7. The fraction of sp³-hybridized carbons (Fsp3) is 0.0270. The molecule has 0 aliphatic carbocycles. The van der Waals surface area contributed by atoms with Gasteiger partial charge in [0.1, 0.15) is 0 Å². The standard InChI is InChI=1S/C24H19OP.C12H9Br.CH4.H2O2/c25-26(21-14-6-2-7-15-21,22-16-8-3-9-17-22)24-19-11-10-18-23(24)20-12-4-1-5-13-20;13-12-9-5-4-8-11(12)10-6-2-1-3-7-10;;1-2/h1-19H;1-9H;1H4;1-2H. The lowest BCUT2D eigenvalue weighted by molar-refractivity contribution is -0.176. The molecule has 0 saturated heterocycles. The lowest BCUT2D eigenvalue weighted by Crippen LogP contribution is -2.26. The maximum Gasteiger partial charge on any atom is 0.171 e. The van der Waals surface area contributed by atoms with E-state index in [4.69, 9.17) is 10.5 Å². The molecule has 212 valence electrons. The summed E-state index contributed by atoms with van der Waals surface area (Å²) in [4.78, 5) is 0. The van der Waals surface area contributed by atoms with Gasteiger partial charge in [0.05, 0.1) is 0 Å². The molecular weight excluding hydrogens is 603 g/mol. The lowest BCUT2D eigenvalue weighted by atomic mass is 10.1. The van der Waals surface area contributed by atoms with Gasteiger partial charge in [-0.2, -0.15) is 0 Å². The topological polar surface area (TPSA) is 57.5 Å². The molecule has 0 aliphatic rings. The first-order valence-corrected chi connectivity index (χ1v) is 15.5. The van der Waals surface area contributed by atoms with E-state index in [1.165, 1.54) is 11.1 Å². The Bertz CT molecular complexity index is 1630. The zero-order valence-electron chi connectivity index (χ0n) is 22.3. The number of hydrogen-bond acceptors (Lipinski definition) is 3. The summed E-state index contributed by atoms with van der Waals surface area (Å²) in [6, 6.07) is 56.4. The maximum absolute atomic E-state index is 14.6. The SMILES string of the molecule is Brc1ccccc1-c1ccccc1.C.O=P(c1ccccc1)(c1ccccc1)c1ccccc1-c1ccccc1.OO. The molecule has 6 aromatic rings. The third kappa shape index (κ3) is 7.61. The molecule has 2 N–H and O–H groups in total. The molecule has 0 bridgehead atoms. The van der Waals surface area contributed by atoms with Gasteiger partial charge in [-0.25, -0.2) is 0 Å². The minimum Gasteiger partial charge on any atom is -0.309 e. The molecule has 0 fully saturated rings. The third-order valence-corrected chi connectivity index (χ3v) is 10.3. The van der Waals surface area contributed by atoms with E-state index in [1.54, 1.807) is 0 Å². The average molecular weight is 638 g/mol. The van der Waals surface area contributed by atoms with Gasteiger partial charge in [0.25, 0.3) is 0 Å². The zero-order chi connectivity index (χ0) is 28.9. The second-order valence-corrected chi connectivity index (χ2v) is 12.6. The summed E-state index contributed by atoms with van der Waals surface area (Å²) in [5, 5.41) is 14.6. The van der Waals surface area contributed by atoms with E-state index in [0.29, 0.717) is 0 Å². The van der Waals surface area contributed by atoms with Crippen molar-refractivity contribution < 1.29 is 15.1 Å². The molecule has 0 aliphatic heterocycles. The largest absolute Gasteiger partial charge is 0.309 e. The Morgan fingerprint density at radius 1 is 0.429 bits per heavy atom. The summed E-state index contributed by atoms with van der Waals surface area (Å²) >= 11 is 3.53. The van der Waals surface area contributed by atoms with Crippen LogP contribution in [0, 0.1) is 0 Å². The Balaban J connectivity index is 0.000000255. The van der Waals surface area contributed by atoms with Gasteiger partial charge < -0.3 is 4.57 Å². The van der Waals surface area contributed by atoms with Crippen LogP contribution in [-0.2, 0) is 4.57 Å². The molecule has 0 heterocycles. The van der Waals surface area contributed by atoms with E-state index in [2.05, 4.69) is 70.5 Å². The molecule has 0 spiro atoms. The summed E-state index contributed by atoms with van der Waals surface area (Å²) in [7, 11) is -2.98. The van der Waals surface area contributed by atoms with Crippen LogP contribution in [0.15, 0.2) is 174 Å². The van der Waals surface area contributed by atoms with Gasteiger partial charge in [-0.3, -0.25) is 10.5 Å². The number of rotatable bonds is 5. The minimum atomic E-state index is -2.98. The van der Waals surface area contributed by atoms with Gasteiger partial charge in [0.2, 0.25) is 0 Å². The number of hydrogen-bond donors (Lipinski definition) is 2. The van der Waals surface area contributed by atoms with E-state index in [9.17, 15) is 4.57 Å². The van der Waals surface area contributed by atoms with Crippen molar-refractivity contribution in [1.82, 2.24) is 0 Å². The Hall–Kier alpha value is -4.05. The quantitative estimate of drug-likeness (QED) is 0.112. The third-order valence-electron chi connectivity index (χ3n) is 6.53. The molecular formula is C37H34BrO3P.